The first-order chi connectivity index (χ1) is 13.6. The van der Waals surface area contributed by atoms with Crippen molar-refractivity contribution in [2.24, 2.45) is 5.73 Å². The van der Waals surface area contributed by atoms with Gasteiger partial charge in [-0.2, -0.15) is 0 Å². The van der Waals surface area contributed by atoms with Gasteiger partial charge in [0.1, 0.15) is 0 Å². The molecule has 0 unspecified atom stereocenters. The quantitative estimate of drug-likeness (QED) is 0.712. The zero-order valence-corrected chi connectivity index (χ0v) is 11.6. The predicted molar refractivity (Wildman–Crippen MR) is 91.2 cm³/mol. The maximum atomic E-state index is 11.9. The summed E-state index contributed by atoms with van der Waals surface area (Å²) in [4.78, 5) is 13.2. The fourth-order valence-corrected chi connectivity index (χ4v) is 2.05. The van der Waals surface area contributed by atoms with Gasteiger partial charge in [0.15, 0.2) is 0 Å². The molecular weight excluding hydrogens is 248 g/mol. The number of para-hydroxylation sites is 2. The van der Waals surface area contributed by atoms with E-state index in [9.17, 15) is 4.79 Å². The zero-order chi connectivity index (χ0) is 22.3. The summed E-state index contributed by atoms with van der Waals surface area (Å²) in [6.07, 6.45) is 0. The van der Waals surface area contributed by atoms with Gasteiger partial charge in [-0.05, 0) is 23.3 Å². The van der Waals surface area contributed by atoms with Crippen molar-refractivity contribution < 1.29 is 16.2 Å². The van der Waals surface area contributed by atoms with Gasteiger partial charge in [-0.25, -0.2) is 4.79 Å². The van der Waals surface area contributed by atoms with Crippen molar-refractivity contribution in [1.82, 2.24) is 0 Å². The Bertz CT molecular complexity index is 700. The lowest BCUT2D eigenvalue weighted by Gasteiger charge is -2.22. The summed E-state index contributed by atoms with van der Waals surface area (Å²) in [6.45, 7) is 0. The van der Waals surface area contributed by atoms with Crippen LogP contribution in [0.5, 0.6) is 0 Å². The minimum Gasteiger partial charge on any atom is -0.351 e. The largest absolute Gasteiger partial charge is 0.351 e. The van der Waals surface area contributed by atoms with Crippen LogP contribution in [0.2, 0.25) is 0 Å². The Morgan fingerprint density at radius 1 is 1.05 bits per heavy atom. The molecule has 2 amide bonds. The van der Waals surface area contributed by atoms with Crippen molar-refractivity contribution in [3.63, 3.8) is 0 Å². The summed E-state index contributed by atoms with van der Waals surface area (Å²) >= 11 is 0. The molecule has 2 N–H and O–H groups in total. The highest BCUT2D eigenvalue weighted by Gasteiger charge is 2.21. The number of hydrogen-bond donors (Lipinski definition) is 1. The highest BCUT2D eigenvalue weighted by molar-refractivity contribution is 6.04. The Labute approximate surface area is 132 Å². The lowest BCUT2D eigenvalue weighted by Crippen LogP contribution is -2.32. The molecule has 3 nitrogen and oxygen atoms in total. The lowest BCUT2D eigenvalue weighted by atomic mass is 10.1. The maximum absolute atomic E-state index is 11.9. The van der Waals surface area contributed by atoms with Crippen LogP contribution in [0.4, 0.5) is 16.2 Å². The highest BCUT2D eigenvalue weighted by Crippen LogP contribution is 2.35. The van der Waals surface area contributed by atoms with E-state index < -0.39 is 6.03 Å². The summed E-state index contributed by atoms with van der Waals surface area (Å²) in [7, 11) is 2.50. The van der Waals surface area contributed by atoms with E-state index in [2.05, 4.69) is 0 Å². The van der Waals surface area contributed by atoms with E-state index in [1.807, 2.05) is 0 Å². The van der Waals surface area contributed by atoms with E-state index >= 15 is 0 Å². The molecule has 0 saturated carbocycles. The summed E-state index contributed by atoms with van der Waals surface area (Å²) in [5, 5.41) is 0. The number of benzene rings is 2. The second-order valence-corrected chi connectivity index (χ2v) is 3.96. The molecule has 0 saturated heterocycles. The number of urea groups is 1. The van der Waals surface area contributed by atoms with E-state index in [0.717, 1.165) is 0 Å². The predicted octanol–water partition coefficient (Wildman–Crippen LogP) is 5.15. The highest BCUT2D eigenvalue weighted by atomic mass is 16.2. The molecule has 0 fully saturated rings. The van der Waals surface area contributed by atoms with E-state index in [4.69, 9.17) is 17.2 Å². The molecule has 0 aliphatic carbocycles. The second kappa shape index (κ2) is 6.06. The molecule has 1 aliphatic heterocycles. The van der Waals surface area contributed by atoms with E-state index in [1.54, 1.807) is 48.5 Å². The van der Waals surface area contributed by atoms with Crippen molar-refractivity contribution in [3.05, 3.63) is 59.7 Å². The van der Waals surface area contributed by atoms with Crippen molar-refractivity contribution in [2.75, 3.05) is 4.90 Å². The third-order valence-corrected chi connectivity index (χ3v) is 2.84. The SMILES string of the molecule is [2H]C.[2H]C.[2H]C1=C([2H])c2ccccc2N(C(N)=O)c2ccccc21.[2H][2H].[2H][2H]. The number of rotatable bonds is 0. The van der Waals surface area contributed by atoms with E-state index in [1.165, 1.54) is 19.7 Å². The number of nitrogens with two attached hydrogens (primary N) is 1. The molecule has 1 heterocycles. The van der Waals surface area contributed by atoms with Crippen molar-refractivity contribution >= 4 is 29.5 Å². The number of carbonyl (C=O) groups is 1. The van der Waals surface area contributed by atoms with Crippen LogP contribution >= 0.6 is 0 Å². The van der Waals surface area contributed by atoms with Crippen LogP contribution in [-0.4, -0.2) is 6.03 Å². The molecule has 0 radical (unpaired) electrons. The summed E-state index contributed by atoms with van der Waals surface area (Å²) in [5.74, 6) is 0. The number of fused-ring (bicyclic) bond motifs is 2. The lowest BCUT2D eigenvalue weighted by molar-refractivity contribution is 0.256. The Kier molecular flexibility index (Phi) is 2.60. The zero-order valence-electron chi connectivity index (χ0n) is 19.6. The smallest absolute Gasteiger partial charge is 0.323 e. The van der Waals surface area contributed by atoms with Gasteiger partial charge in [-0.3, -0.25) is 4.90 Å². The summed E-state index contributed by atoms with van der Waals surface area (Å²) in [6, 6.07) is 13.5. The van der Waals surface area contributed by atoms with E-state index in [-0.39, 0.29) is 12.1 Å². The molecule has 108 valence electrons. The minimum atomic E-state index is -0.632. The van der Waals surface area contributed by atoms with Crippen LogP contribution in [0.15, 0.2) is 48.5 Å². The molecule has 3 rings (SSSR count). The number of hydrogen-bond acceptors (Lipinski definition) is 1. The summed E-state index contributed by atoms with van der Waals surface area (Å²) < 4.78 is 47.8. The fraction of sp³-hybridized carbons (Fsp3) is 0.118. The third-order valence-electron chi connectivity index (χ3n) is 2.84. The average molecular weight is 280 g/mol. The second-order valence-electron chi connectivity index (χ2n) is 3.96. The van der Waals surface area contributed by atoms with Crippen molar-refractivity contribution in [3.8, 4) is 0 Å². The van der Waals surface area contributed by atoms with Crippen LogP contribution in [0, 0.1) is 0 Å². The van der Waals surface area contributed by atoms with Gasteiger partial charge in [-0.15, -0.1) is 0 Å². The average Bonchev–Trinajstić information content (AvgIpc) is 2.87. The van der Waals surface area contributed by atoms with Gasteiger partial charge in [0.2, 0.25) is 0 Å². The number of anilines is 2. The standard InChI is InChI=1S/C15H12N2O.2CH4.2H2/c16-15(18)17-13-7-3-1-5-11(13)9-10-12-6-2-4-8-14(12)17;;;;/h1-10H,(H2,16,18);2*1H4;2*1H/i9D,10D;2*1D;2*1+1D. The first kappa shape index (κ1) is 8.59. The Morgan fingerprint density at radius 2 is 1.45 bits per heavy atom. The van der Waals surface area contributed by atoms with Gasteiger partial charge in [0.05, 0.1) is 14.1 Å². The number of carbonyl (C=O) groups excluding carboxylic acids is 1. The van der Waals surface area contributed by atoms with Gasteiger partial charge in [-0.1, -0.05) is 63.3 Å². The number of primary amides is 1. The van der Waals surface area contributed by atoms with Crippen LogP contribution < -0.4 is 10.6 Å². The molecule has 3 heteroatoms. The maximum Gasteiger partial charge on any atom is 0.323 e. The van der Waals surface area contributed by atoms with Gasteiger partial charge < -0.3 is 5.73 Å². The summed E-state index contributed by atoms with van der Waals surface area (Å²) in [5.41, 5.74) is 7.60. The minimum absolute atomic E-state index is 0.0804. The monoisotopic (exact) mass is 280 g/mol. The Morgan fingerprint density at radius 3 is 1.85 bits per heavy atom. The molecule has 2 aromatic carbocycles. The molecule has 0 spiro atoms. The van der Waals surface area contributed by atoms with Crippen molar-refractivity contribution in [2.45, 2.75) is 14.8 Å². The topological polar surface area (TPSA) is 46.3 Å². The molecular formula is C17H24N2O. The van der Waals surface area contributed by atoms with Crippen LogP contribution in [-0.2, 0) is 0 Å². The molecule has 0 bridgehead atoms. The Balaban J connectivity index is 0. The first-order valence-corrected chi connectivity index (χ1v) is 5.57. The van der Waals surface area contributed by atoms with Crippen molar-refractivity contribution in [1.29, 1.82) is 0 Å². The molecule has 0 aromatic heterocycles. The Hall–Kier alpha value is -2.55. The molecule has 20 heavy (non-hydrogen) atoms. The normalized spacial score (nSPS) is 15.2. The fourth-order valence-electron chi connectivity index (χ4n) is 2.05. The van der Waals surface area contributed by atoms with Crippen LogP contribution in [0.1, 0.15) is 37.4 Å². The number of amides is 2. The van der Waals surface area contributed by atoms with Crippen LogP contribution in [0.3, 0.4) is 0 Å². The molecule has 1 aliphatic rings. The first-order valence-electron chi connectivity index (χ1n) is 10.6. The van der Waals surface area contributed by atoms with E-state index in [0.29, 0.717) is 22.5 Å². The van der Waals surface area contributed by atoms with Gasteiger partial charge >= 0.3 is 6.03 Å². The van der Waals surface area contributed by atoms with Gasteiger partial charge in [0.25, 0.3) is 0 Å². The molecule has 2 aromatic rings. The molecule has 0 atom stereocenters. The number of nitrogens with zero attached hydrogens (tertiary/aromatic N) is 1. The third kappa shape index (κ3) is 2.43. The van der Waals surface area contributed by atoms with Crippen LogP contribution in [0.25, 0.3) is 12.1 Å². The van der Waals surface area contributed by atoms with Gasteiger partial charge in [0, 0.05) is 8.68 Å².